The van der Waals surface area contributed by atoms with E-state index in [-0.39, 0.29) is 0 Å². The topological polar surface area (TPSA) is 88.2 Å². The predicted octanol–water partition coefficient (Wildman–Crippen LogP) is 3.42. The van der Waals surface area contributed by atoms with Gasteiger partial charge >= 0.3 is 12.1 Å². The Bertz CT molecular complexity index is 717. The third-order valence-corrected chi connectivity index (χ3v) is 4.80. The number of urea groups is 1. The van der Waals surface area contributed by atoms with Crippen molar-refractivity contribution in [2.45, 2.75) is 45.3 Å². The fourth-order valence-corrected chi connectivity index (χ4v) is 3.30. The monoisotopic (exact) mass is 409 g/mol. The number of imide groups is 2. The first-order valence-electron chi connectivity index (χ1n) is 8.99. The molecule has 1 heterocycles. The van der Waals surface area contributed by atoms with Gasteiger partial charge in [-0.25, -0.2) is 9.59 Å². The molecule has 1 aromatic carbocycles. The Labute approximate surface area is 169 Å². The van der Waals surface area contributed by atoms with Crippen LogP contribution in [0.1, 0.15) is 33.6 Å². The lowest BCUT2D eigenvalue weighted by atomic mass is 10.2. The van der Waals surface area contributed by atoms with Gasteiger partial charge in [0.1, 0.15) is 17.4 Å². The number of rotatable bonds is 4. The van der Waals surface area contributed by atoms with Crippen LogP contribution in [0.3, 0.4) is 0 Å². The van der Waals surface area contributed by atoms with Gasteiger partial charge in [-0.1, -0.05) is 0 Å². The van der Waals surface area contributed by atoms with Crippen molar-refractivity contribution in [2.75, 3.05) is 24.8 Å². The van der Waals surface area contributed by atoms with E-state index in [0.29, 0.717) is 13.0 Å². The van der Waals surface area contributed by atoms with Crippen molar-refractivity contribution >= 4 is 35.7 Å². The molecule has 0 aromatic heterocycles. The molecule has 0 bridgehead atoms. The SMILES string of the molecule is COc1ccc(N2CCC[C@H]2C(=O)NC(=O)N(SC)C(=O)OC(C)(C)C)cc1. The minimum Gasteiger partial charge on any atom is -0.497 e. The molecule has 1 aliphatic heterocycles. The van der Waals surface area contributed by atoms with Gasteiger partial charge in [0.15, 0.2) is 0 Å². The summed E-state index contributed by atoms with van der Waals surface area (Å²) >= 11 is 0.880. The van der Waals surface area contributed by atoms with E-state index in [0.717, 1.165) is 34.1 Å². The van der Waals surface area contributed by atoms with E-state index in [9.17, 15) is 14.4 Å². The van der Waals surface area contributed by atoms with Gasteiger partial charge in [-0.05, 0) is 69.8 Å². The maximum Gasteiger partial charge on any atom is 0.428 e. The van der Waals surface area contributed by atoms with Crippen LogP contribution >= 0.6 is 11.9 Å². The maximum absolute atomic E-state index is 12.7. The Balaban J connectivity index is 2.05. The van der Waals surface area contributed by atoms with Gasteiger partial charge < -0.3 is 14.4 Å². The van der Waals surface area contributed by atoms with Crippen LogP contribution in [0.4, 0.5) is 15.3 Å². The standard InChI is InChI=1S/C19H27N3O5S/c1-19(2,3)27-18(25)22(28-5)17(24)20-16(23)15-7-6-12-21(15)13-8-10-14(26-4)11-9-13/h8-11,15H,6-7,12H2,1-5H3,(H,20,23,24)/t15-/m0/s1. The van der Waals surface area contributed by atoms with E-state index in [1.54, 1.807) is 34.1 Å². The number of hydrogen-bond acceptors (Lipinski definition) is 7. The molecule has 1 aromatic rings. The molecule has 1 saturated heterocycles. The van der Waals surface area contributed by atoms with Crippen LogP contribution in [0.15, 0.2) is 24.3 Å². The Morgan fingerprint density at radius 1 is 1.21 bits per heavy atom. The molecule has 0 spiro atoms. The van der Waals surface area contributed by atoms with Crippen molar-refractivity contribution in [2.24, 2.45) is 0 Å². The van der Waals surface area contributed by atoms with Crippen molar-refractivity contribution < 1.29 is 23.9 Å². The lowest BCUT2D eigenvalue weighted by Crippen LogP contribution is -2.50. The Hall–Kier alpha value is -2.42. The molecule has 8 nitrogen and oxygen atoms in total. The first-order chi connectivity index (χ1) is 13.2. The fraction of sp³-hybridized carbons (Fsp3) is 0.526. The van der Waals surface area contributed by atoms with Gasteiger partial charge in [-0.15, -0.1) is 0 Å². The number of benzene rings is 1. The zero-order chi connectivity index (χ0) is 20.9. The van der Waals surface area contributed by atoms with Gasteiger partial charge in [-0.3, -0.25) is 10.1 Å². The second-order valence-corrected chi connectivity index (χ2v) is 8.03. The summed E-state index contributed by atoms with van der Waals surface area (Å²) in [5.74, 6) is 0.285. The van der Waals surface area contributed by atoms with Gasteiger partial charge in [0.25, 0.3) is 5.91 Å². The highest BCUT2D eigenvalue weighted by Crippen LogP contribution is 2.27. The number of carbonyl (C=O) groups excluding carboxylic acids is 3. The van der Waals surface area contributed by atoms with Gasteiger partial charge in [-0.2, -0.15) is 4.31 Å². The van der Waals surface area contributed by atoms with Crippen molar-refractivity contribution in [1.82, 2.24) is 9.62 Å². The third kappa shape index (κ3) is 5.54. The molecular weight excluding hydrogens is 382 g/mol. The highest BCUT2D eigenvalue weighted by molar-refractivity contribution is 7.97. The summed E-state index contributed by atoms with van der Waals surface area (Å²) in [6.07, 6.45) is 2.20. The zero-order valence-corrected chi connectivity index (χ0v) is 17.7. The second kappa shape index (κ2) is 9.18. The second-order valence-electron chi connectivity index (χ2n) is 7.30. The zero-order valence-electron chi connectivity index (χ0n) is 16.9. The maximum atomic E-state index is 12.7. The molecule has 1 atom stereocenters. The number of nitrogens with one attached hydrogen (secondary N) is 1. The summed E-state index contributed by atoms with van der Waals surface area (Å²) in [7, 11) is 1.59. The first-order valence-corrected chi connectivity index (χ1v) is 10.2. The Morgan fingerprint density at radius 2 is 1.86 bits per heavy atom. The van der Waals surface area contributed by atoms with Crippen molar-refractivity contribution in [3.05, 3.63) is 24.3 Å². The van der Waals surface area contributed by atoms with Crippen molar-refractivity contribution in [3.8, 4) is 5.75 Å². The molecular formula is C19H27N3O5S. The molecule has 1 fully saturated rings. The van der Waals surface area contributed by atoms with Crippen LogP contribution in [0.2, 0.25) is 0 Å². The number of methoxy groups -OCH3 is 1. The fourth-order valence-electron chi connectivity index (χ4n) is 2.91. The molecule has 28 heavy (non-hydrogen) atoms. The van der Waals surface area contributed by atoms with Crippen LogP contribution in [0, 0.1) is 0 Å². The smallest absolute Gasteiger partial charge is 0.428 e. The number of amides is 4. The number of ether oxygens (including phenoxy) is 2. The van der Waals surface area contributed by atoms with Crippen LogP contribution in [0.5, 0.6) is 5.75 Å². The van der Waals surface area contributed by atoms with E-state index < -0.39 is 29.7 Å². The van der Waals surface area contributed by atoms with Crippen LogP contribution in [-0.4, -0.2) is 53.9 Å². The summed E-state index contributed by atoms with van der Waals surface area (Å²) in [5, 5.41) is 2.32. The summed E-state index contributed by atoms with van der Waals surface area (Å²) in [5.41, 5.74) is 0.131. The average molecular weight is 410 g/mol. The summed E-state index contributed by atoms with van der Waals surface area (Å²) < 4.78 is 11.2. The molecule has 0 saturated carbocycles. The van der Waals surface area contributed by atoms with E-state index in [1.165, 1.54) is 0 Å². The van der Waals surface area contributed by atoms with Gasteiger partial charge in [0.05, 0.1) is 7.11 Å². The molecule has 4 amide bonds. The van der Waals surface area contributed by atoms with E-state index >= 15 is 0 Å². The lowest BCUT2D eigenvalue weighted by Gasteiger charge is -2.27. The Kier molecular flexibility index (Phi) is 7.17. The average Bonchev–Trinajstić information content (AvgIpc) is 3.10. The number of anilines is 1. The van der Waals surface area contributed by atoms with Crippen LogP contribution in [0.25, 0.3) is 0 Å². The molecule has 1 N–H and O–H groups in total. The highest BCUT2D eigenvalue weighted by Gasteiger charge is 2.34. The lowest BCUT2D eigenvalue weighted by molar-refractivity contribution is -0.121. The quantitative estimate of drug-likeness (QED) is 0.762. The van der Waals surface area contributed by atoms with Crippen LogP contribution < -0.4 is 15.0 Å². The first kappa shape index (κ1) is 21.9. The number of carbonyl (C=O) groups is 3. The molecule has 2 rings (SSSR count). The van der Waals surface area contributed by atoms with Crippen LogP contribution in [-0.2, 0) is 9.53 Å². The molecule has 1 aliphatic rings. The highest BCUT2D eigenvalue weighted by atomic mass is 32.2. The van der Waals surface area contributed by atoms with E-state index in [2.05, 4.69) is 5.32 Å². The normalized spacial score (nSPS) is 16.5. The molecule has 154 valence electrons. The molecule has 0 aliphatic carbocycles. The summed E-state index contributed by atoms with van der Waals surface area (Å²) in [4.78, 5) is 39.2. The third-order valence-electron chi connectivity index (χ3n) is 4.12. The number of hydrogen-bond donors (Lipinski definition) is 1. The summed E-state index contributed by atoms with van der Waals surface area (Å²) in [6, 6.07) is 6.10. The predicted molar refractivity (Wildman–Crippen MR) is 108 cm³/mol. The van der Waals surface area contributed by atoms with Crippen molar-refractivity contribution in [1.29, 1.82) is 0 Å². The largest absolute Gasteiger partial charge is 0.497 e. The van der Waals surface area contributed by atoms with E-state index in [1.807, 2.05) is 29.2 Å². The summed E-state index contributed by atoms with van der Waals surface area (Å²) in [6.45, 7) is 5.82. The van der Waals surface area contributed by atoms with Gasteiger partial charge in [0, 0.05) is 18.5 Å². The Morgan fingerprint density at radius 3 is 2.39 bits per heavy atom. The minimum absolute atomic E-state index is 0.444. The molecule has 9 heteroatoms. The minimum atomic E-state index is -0.816. The number of nitrogens with zero attached hydrogens (tertiary/aromatic N) is 2. The molecule has 0 unspecified atom stereocenters. The molecule has 0 radical (unpaired) electrons. The van der Waals surface area contributed by atoms with Crippen molar-refractivity contribution in [3.63, 3.8) is 0 Å². The van der Waals surface area contributed by atoms with E-state index in [4.69, 9.17) is 9.47 Å². The van der Waals surface area contributed by atoms with Gasteiger partial charge in [0.2, 0.25) is 0 Å².